The van der Waals surface area contributed by atoms with Crippen molar-refractivity contribution >= 4 is 17.5 Å². The molecule has 0 aromatic heterocycles. The van der Waals surface area contributed by atoms with Crippen molar-refractivity contribution in [3.8, 4) is 0 Å². The van der Waals surface area contributed by atoms with Gasteiger partial charge in [0.15, 0.2) is 0 Å². The van der Waals surface area contributed by atoms with Crippen molar-refractivity contribution in [3.63, 3.8) is 0 Å². The molecule has 1 aromatic rings. The van der Waals surface area contributed by atoms with Gasteiger partial charge >= 0.3 is 6.18 Å². The predicted molar refractivity (Wildman–Crippen MR) is 118 cm³/mol. The van der Waals surface area contributed by atoms with E-state index in [-0.39, 0.29) is 24.2 Å². The molecule has 0 bridgehead atoms. The van der Waals surface area contributed by atoms with Gasteiger partial charge < -0.3 is 15.5 Å². The fourth-order valence-electron chi connectivity index (χ4n) is 4.13. The Balaban J connectivity index is 1.48. The molecule has 0 spiro atoms. The van der Waals surface area contributed by atoms with Crippen molar-refractivity contribution in [2.75, 3.05) is 18.4 Å². The Labute approximate surface area is 191 Å². The zero-order valence-electron chi connectivity index (χ0n) is 18.8. The van der Waals surface area contributed by atoms with E-state index in [1.54, 1.807) is 0 Å². The van der Waals surface area contributed by atoms with Crippen LogP contribution >= 0.6 is 0 Å². The molecule has 0 radical (unpaired) electrons. The highest BCUT2D eigenvalue weighted by Crippen LogP contribution is 2.33. The number of carbonyl (C=O) groups is 2. The maximum Gasteiger partial charge on any atom is 0.416 e. The average Bonchev–Trinajstić information content (AvgIpc) is 3.29. The average molecular weight is 470 g/mol. The zero-order valence-corrected chi connectivity index (χ0v) is 18.8. The van der Waals surface area contributed by atoms with Crippen molar-refractivity contribution in [1.82, 2.24) is 10.2 Å². The lowest BCUT2D eigenvalue weighted by atomic mass is 10.2. The molecular weight excluding hydrogens is 438 g/mol. The van der Waals surface area contributed by atoms with Gasteiger partial charge in [-0.05, 0) is 56.2 Å². The van der Waals surface area contributed by atoms with Gasteiger partial charge in [-0.2, -0.15) is 13.2 Å². The van der Waals surface area contributed by atoms with Crippen LogP contribution in [0.15, 0.2) is 30.4 Å². The summed E-state index contributed by atoms with van der Waals surface area (Å²) in [4.78, 5) is 26.8. The number of hydrogen-bond donors (Lipinski definition) is 2. The molecule has 182 valence electrons. The molecule has 1 aliphatic heterocycles. The first-order valence-electron chi connectivity index (χ1n) is 11.6. The SMILES string of the molecule is CCCCC/C=C\[C@@H]1CC1NC(=O)[C@@H]1CCCN1C(=O)CNc1cc(F)cc(C(F)(F)F)c1. The van der Waals surface area contributed by atoms with Crippen LogP contribution in [0.2, 0.25) is 0 Å². The number of likely N-dealkylation sites (tertiary alicyclic amines) is 1. The number of benzene rings is 1. The molecule has 3 atom stereocenters. The summed E-state index contributed by atoms with van der Waals surface area (Å²) in [6, 6.07) is 1.56. The number of unbranched alkanes of at least 4 members (excludes halogenated alkanes) is 3. The molecule has 1 heterocycles. The minimum atomic E-state index is -4.69. The molecule has 9 heteroatoms. The van der Waals surface area contributed by atoms with Gasteiger partial charge in [0.2, 0.25) is 11.8 Å². The summed E-state index contributed by atoms with van der Waals surface area (Å²) in [6.45, 7) is 2.24. The van der Waals surface area contributed by atoms with Crippen LogP contribution in [0.25, 0.3) is 0 Å². The number of hydrogen-bond acceptors (Lipinski definition) is 3. The van der Waals surface area contributed by atoms with Gasteiger partial charge in [0, 0.05) is 18.3 Å². The number of carbonyl (C=O) groups excluding carboxylic acids is 2. The van der Waals surface area contributed by atoms with Gasteiger partial charge in [0.05, 0.1) is 12.1 Å². The lowest BCUT2D eigenvalue weighted by Gasteiger charge is -2.24. The molecular formula is C24H31F4N3O2. The lowest BCUT2D eigenvalue weighted by Crippen LogP contribution is -2.48. The maximum atomic E-state index is 13.5. The van der Waals surface area contributed by atoms with Crippen molar-refractivity contribution < 1.29 is 27.2 Å². The lowest BCUT2D eigenvalue weighted by molar-refractivity contribution is -0.137. The summed E-state index contributed by atoms with van der Waals surface area (Å²) >= 11 is 0. The molecule has 5 nitrogen and oxygen atoms in total. The minimum Gasteiger partial charge on any atom is -0.376 e. The van der Waals surface area contributed by atoms with Gasteiger partial charge in [0.1, 0.15) is 11.9 Å². The number of amides is 2. The van der Waals surface area contributed by atoms with Crippen molar-refractivity contribution in [1.29, 1.82) is 0 Å². The molecule has 2 N–H and O–H groups in total. The largest absolute Gasteiger partial charge is 0.416 e. The van der Waals surface area contributed by atoms with E-state index in [4.69, 9.17) is 0 Å². The Morgan fingerprint density at radius 3 is 2.73 bits per heavy atom. The topological polar surface area (TPSA) is 61.4 Å². The summed E-state index contributed by atoms with van der Waals surface area (Å²) in [5.41, 5.74) is -1.27. The van der Waals surface area contributed by atoms with E-state index < -0.39 is 29.5 Å². The Bertz CT molecular complexity index is 872. The summed E-state index contributed by atoms with van der Waals surface area (Å²) < 4.78 is 52.2. The van der Waals surface area contributed by atoms with E-state index in [0.717, 1.165) is 31.4 Å². The van der Waals surface area contributed by atoms with E-state index in [1.165, 1.54) is 17.7 Å². The third kappa shape index (κ3) is 7.20. The van der Waals surface area contributed by atoms with Crippen LogP contribution in [0.3, 0.4) is 0 Å². The van der Waals surface area contributed by atoms with E-state index in [0.29, 0.717) is 31.4 Å². The number of rotatable bonds is 10. The highest BCUT2D eigenvalue weighted by atomic mass is 19.4. The fraction of sp³-hybridized carbons (Fsp3) is 0.583. The summed E-state index contributed by atoms with van der Waals surface area (Å²) in [6.07, 6.45) is 6.32. The number of allylic oxidation sites excluding steroid dienone is 1. The number of alkyl halides is 3. The number of anilines is 1. The monoisotopic (exact) mass is 469 g/mol. The van der Waals surface area contributed by atoms with Crippen LogP contribution in [0.4, 0.5) is 23.2 Å². The van der Waals surface area contributed by atoms with Gasteiger partial charge in [-0.15, -0.1) is 0 Å². The van der Waals surface area contributed by atoms with Gasteiger partial charge in [-0.3, -0.25) is 9.59 Å². The van der Waals surface area contributed by atoms with Gasteiger partial charge in [-0.25, -0.2) is 4.39 Å². The molecule has 1 saturated carbocycles. The van der Waals surface area contributed by atoms with E-state index in [1.807, 2.05) is 0 Å². The van der Waals surface area contributed by atoms with E-state index >= 15 is 0 Å². The third-order valence-electron chi connectivity index (χ3n) is 6.07. The second kappa shape index (κ2) is 11.0. The number of nitrogens with zero attached hydrogens (tertiary/aromatic N) is 1. The summed E-state index contributed by atoms with van der Waals surface area (Å²) in [5, 5.41) is 5.57. The Hall–Kier alpha value is -2.58. The minimum absolute atomic E-state index is 0.0867. The van der Waals surface area contributed by atoms with Crippen LogP contribution in [-0.2, 0) is 15.8 Å². The van der Waals surface area contributed by atoms with Crippen LogP contribution in [0.1, 0.15) is 57.4 Å². The summed E-state index contributed by atoms with van der Waals surface area (Å²) in [7, 11) is 0. The molecule has 33 heavy (non-hydrogen) atoms. The molecule has 3 rings (SSSR count). The molecule has 1 aromatic carbocycles. The quantitative estimate of drug-likeness (QED) is 0.291. The molecule has 1 unspecified atom stereocenters. The first-order chi connectivity index (χ1) is 15.7. The van der Waals surface area contributed by atoms with E-state index in [9.17, 15) is 27.2 Å². The third-order valence-corrected chi connectivity index (χ3v) is 6.07. The van der Waals surface area contributed by atoms with Crippen LogP contribution in [0.5, 0.6) is 0 Å². The molecule has 1 saturated heterocycles. The van der Waals surface area contributed by atoms with Gasteiger partial charge in [0.25, 0.3) is 0 Å². The highest BCUT2D eigenvalue weighted by molar-refractivity contribution is 5.90. The standard InChI is InChI=1S/C24H31F4N3O2/c1-2-3-4-5-6-8-16-11-20(16)30-23(33)21-9-7-10-31(21)22(32)15-29-19-13-17(24(26,27)28)12-18(25)14-19/h6,8,12-14,16,20-21,29H,2-5,7,9-11,15H2,1H3,(H,30,33)/b8-6-/t16-,20?,21+/m1/s1. The normalized spacial score (nSPS) is 22.6. The smallest absolute Gasteiger partial charge is 0.376 e. The predicted octanol–water partition coefficient (Wildman–Crippen LogP) is 4.89. The van der Waals surface area contributed by atoms with Crippen LogP contribution in [0, 0.1) is 11.7 Å². The second-order valence-corrected chi connectivity index (χ2v) is 8.76. The Morgan fingerprint density at radius 1 is 1.21 bits per heavy atom. The summed E-state index contributed by atoms with van der Waals surface area (Å²) in [5.74, 6) is -1.32. The Morgan fingerprint density at radius 2 is 2.00 bits per heavy atom. The maximum absolute atomic E-state index is 13.5. The highest BCUT2D eigenvalue weighted by Gasteiger charge is 2.40. The van der Waals surface area contributed by atoms with Crippen LogP contribution < -0.4 is 10.6 Å². The Kier molecular flexibility index (Phi) is 8.37. The van der Waals surface area contributed by atoms with Crippen molar-refractivity contribution in [2.45, 2.75) is 70.1 Å². The second-order valence-electron chi connectivity index (χ2n) is 8.76. The molecule has 2 aliphatic rings. The van der Waals surface area contributed by atoms with Crippen LogP contribution in [-0.4, -0.2) is 41.9 Å². The molecule has 1 aliphatic carbocycles. The van der Waals surface area contributed by atoms with Crippen molar-refractivity contribution in [3.05, 3.63) is 41.7 Å². The fourth-order valence-corrected chi connectivity index (χ4v) is 4.13. The zero-order chi connectivity index (χ0) is 24.0. The first kappa shape index (κ1) is 25.1. The van der Waals surface area contributed by atoms with Gasteiger partial charge in [-0.1, -0.05) is 31.9 Å². The number of halogens is 4. The molecule has 2 fully saturated rings. The van der Waals surface area contributed by atoms with E-state index in [2.05, 4.69) is 29.7 Å². The molecule has 2 amide bonds. The number of nitrogens with one attached hydrogen (secondary N) is 2. The first-order valence-corrected chi connectivity index (χ1v) is 11.6. The van der Waals surface area contributed by atoms with Crippen molar-refractivity contribution in [2.24, 2.45) is 5.92 Å².